The van der Waals surface area contributed by atoms with Gasteiger partial charge in [-0.25, -0.2) is 0 Å². The standard InChI is InChI=1S/C17H25ClN2O3/c1-10(2)7-16(22)20-13-5-6-15(18)14(8-13)17(23)19-12(4)11(3)9-21/h5-6,8,10-12,21H,7,9H2,1-4H3,(H,19,23)(H,20,22). The first-order chi connectivity index (χ1) is 10.7. The Hall–Kier alpha value is -1.59. The summed E-state index contributed by atoms with van der Waals surface area (Å²) in [6.45, 7) is 7.57. The van der Waals surface area contributed by atoms with E-state index >= 15 is 0 Å². The summed E-state index contributed by atoms with van der Waals surface area (Å²) >= 11 is 6.09. The van der Waals surface area contributed by atoms with E-state index in [0.717, 1.165) is 0 Å². The second-order valence-corrected chi connectivity index (χ2v) is 6.67. The monoisotopic (exact) mass is 340 g/mol. The fraction of sp³-hybridized carbons (Fsp3) is 0.529. The first kappa shape index (κ1) is 19.5. The normalized spacial score (nSPS) is 13.5. The lowest BCUT2D eigenvalue weighted by atomic mass is 10.0. The molecule has 2 amide bonds. The summed E-state index contributed by atoms with van der Waals surface area (Å²) in [6, 6.07) is 4.62. The van der Waals surface area contributed by atoms with Gasteiger partial charge in [0.1, 0.15) is 0 Å². The molecule has 5 nitrogen and oxygen atoms in total. The number of hydrogen-bond acceptors (Lipinski definition) is 3. The van der Waals surface area contributed by atoms with Crippen LogP contribution in [0.4, 0.5) is 5.69 Å². The predicted octanol–water partition coefficient (Wildman–Crippen LogP) is 3.07. The van der Waals surface area contributed by atoms with Crippen molar-refractivity contribution in [3.8, 4) is 0 Å². The Morgan fingerprint density at radius 3 is 2.43 bits per heavy atom. The first-order valence-electron chi connectivity index (χ1n) is 7.75. The third-order valence-electron chi connectivity index (χ3n) is 3.59. The highest BCUT2D eigenvalue weighted by Crippen LogP contribution is 2.21. The molecule has 0 bridgehead atoms. The largest absolute Gasteiger partial charge is 0.396 e. The summed E-state index contributed by atoms with van der Waals surface area (Å²) in [5.41, 5.74) is 0.832. The van der Waals surface area contributed by atoms with Crippen LogP contribution in [0, 0.1) is 11.8 Å². The van der Waals surface area contributed by atoms with Crippen LogP contribution >= 0.6 is 11.6 Å². The van der Waals surface area contributed by atoms with Crippen LogP contribution in [-0.2, 0) is 4.79 Å². The lowest BCUT2D eigenvalue weighted by molar-refractivity contribution is -0.116. The Morgan fingerprint density at radius 1 is 1.22 bits per heavy atom. The summed E-state index contributed by atoms with van der Waals surface area (Å²) in [5, 5.41) is 15.0. The molecular weight excluding hydrogens is 316 g/mol. The predicted molar refractivity (Wildman–Crippen MR) is 92.7 cm³/mol. The van der Waals surface area contributed by atoms with E-state index in [4.69, 9.17) is 16.7 Å². The quantitative estimate of drug-likeness (QED) is 0.713. The topological polar surface area (TPSA) is 78.4 Å². The van der Waals surface area contributed by atoms with Gasteiger partial charge in [0.25, 0.3) is 5.91 Å². The Balaban J connectivity index is 2.84. The van der Waals surface area contributed by atoms with Crippen LogP contribution < -0.4 is 10.6 Å². The minimum absolute atomic E-state index is 0.0134. The molecule has 0 radical (unpaired) electrons. The van der Waals surface area contributed by atoms with Gasteiger partial charge in [0.05, 0.1) is 10.6 Å². The number of hydrogen-bond donors (Lipinski definition) is 3. The number of aliphatic hydroxyl groups excluding tert-OH is 1. The molecule has 0 heterocycles. The van der Waals surface area contributed by atoms with Crippen molar-refractivity contribution in [3.05, 3.63) is 28.8 Å². The molecule has 1 rings (SSSR count). The minimum Gasteiger partial charge on any atom is -0.396 e. The van der Waals surface area contributed by atoms with Crippen molar-refractivity contribution in [2.75, 3.05) is 11.9 Å². The summed E-state index contributed by atoms with van der Waals surface area (Å²) in [7, 11) is 0. The van der Waals surface area contributed by atoms with Crippen LogP contribution in [0.25, 0.3) is 0 Å². The number of nitrogens with one attached hydrogen (secondary N) is 2. The number of aliphatic hydroxyl groups is 1. The molecule has 0 spiro atoms. The van der Waals surface area contributed by atoms with Gasteiger partial charge < -0.3 is 15.7 Å². The number of amides is 2. The van der Waals surface area contributed by atoms with E-state index in [1.54, 1.807) is 18.2 Å². The molecule has 0 aliphatic carbocycles. The van der Waals surface area contributed by atoms with Gasteiger partial charge in [0, 0.05) is 24.8 Å². The third-order valence-corrected chi connectivity index (χ3v) is 3.92. The van der Waals surface area contributed by atoms with Gasteiger partial charge in [0.15, 0.2) is 0 Å². The maximum Gasteiger partial charge on any atom is 0.253 e. The van der Waals surface area contributed by atoms with E-state index in [0.29, 0.717) is 22.7 Å². The second kappa shape index (κ2) is 8.89. The van der Waals surface area contributed by atoms with Crippen molar-refractivity contribution >= 4 is 29.1 Å². The SMILES string of the molecule is CC(C)CC(=O)Nc1ccc(Cl)c(C(=O)NC(C)C(C)CO)c1. The van der Waals surface area contributed by atoms with Crippen LogP contribution in [0.5, 0.6) is 0 Å². The molecule has 0 saturated heterocycles. The molecule has 2 unspecified atom stereocenters. The highest BCUT2D eigenvalue weighted by molar-refractivity contribution is 6.34. The van der Waals surface area contributed by atoms with Crippen molar-refractivity contribution in [1.82, 2.24) is 5.32 Å². The zero-order valence-electron chi connectivity index (χ0n) is 14.0. The van der Waals surface area contributed by atoms with Gasteiger partial charge in [-0.15, -0.1) is 0 Å². The Kier molecular flexibility index (Phi) is 7.52. The van der Waals surface area contributed by atoms with Gasteiger partial charge in [-0.05, 0) is 37.0 Å². The van der Waals surface area contributed by atoms with E-state index in [1.807, 2.05) is 27.7 Å². The molecule has 0 aliphatic rings. The van der Waals surface area contributed by atoms with Crippen LogP contribution in [0.3, 0.4) is 0 Å². The maximum absolute atomic E-state index is 12.3. The lowest BCUT2D eigenvalue weighted by Gasteiger charge is -2.20. The zero-order chi connectivity index (χ0) is 17.6. The van der Waals surface area contributed by atoms with Gasteiger partial charge in [-0.3, -0.25) is 9.59 Å². The van der Waals surface area contributed by atoms with Crippen LogP contribution in [0.1, 0.15) is 44.5 Å². The smallest absolute Gasteiger partial charge is 0.253 e. The van der Waals surface area contributed by atoms with Crippen molar-refractivity contribution in [2.24, 2.45) is 11.8 Å². The molecule has 23 heavy (non-hydrogen) atoms. The van der Waals surface area contributed by atoms with E-state index in [-0.39, 0.29) is 36.3 Å². The van der Waals surface area contributed by atoms with Crippen molar-refractivity contribution < 1.29 is 14.7 Å². The summed E-state index contributed by atoms with van der Waals surface area (Å²) in [4.78, 5) is 24.1. The van der Waals surface area contributed by atoms with Crippen LogP contribution in [-0.4, -0.2) is 29.6 Å². The molecule has 3 N–H and O–H groups in total. The Bertz CT molecular complexity index is 561. The number of halogens is 1. The fourth-order valence-corrected chi connectivity index (χ4v) is 2.15. The van der Waals surface area contributed by atoms with Gasteiger partial charge in [0.2, 0.25) is 5.91 Å². The number of benzene rings is 1. The molecule has 1 aromatic carbocycles. The summed E-state index contributed by atoms with van der Waals surface area (Å²) in [5.74, 6) is -0.240. The number of carbonyl (C=O) groups is 2. The van der Waals surface area contributed by atoms with E-state index in [1.165, 1.54) is 0 Å². The van der Waals surface area contributed by atoms with Crippen molar-refractivity contribution in [3.63, 3.8) is 0 Å². The molecule has 1 aromatic rings. The first-order valence-corrected chi connectivity index (χ1v) is 8.13. The number of carbonyl (C=O) groups excluding carboxylic acids is 2. The van der Waals surface area contributed by atoms with Gasteiger partial charge in [-0.1, -0.05) is 32.4 Å². The summed E-state index contributed by atoms with van der Waals surface area (Å²) in [6.07, 6.45) is 0.412. The minimum atomic E-state index is -0.331. The highest BCUT2D eigenvalue weighted by atomic mass is 35.5. The van der Waals surface area contributed by atoms with Crippen molar-refractivity contribution in [1.29, 1.82) is 0 Å². The van der Waals surface area contributed by atoms with Gasteiger partial charge in [-0.2, -0.15) is 0 Å². The average molecular weight is 341 g/mol. The fourth-order valence-electron chi connectivity index (χ4n) is 1.94. The zero-order valence-corrected chi connectivity index (χ0v) is 14.8. The molecule has 0 aromatic heterocycles. The lowest BCUT2D eigenvalue weighted by Crippen LogP contribution is -2.38. The Morgan fingerprint density at radius 2 is 1.87 bits per heavy atom. The average Bonchev–Trinajstić information content (AvgIpc) is 2.47. The number of rotatable bonds is 7. The Labute approximate surface area is 142 Å². The molecule has 2 atom stereocenters. The third kappa shape index (κ3) is 6.20. The highest BCUT2D eigenvalue weighted by Gasteiger charge is 2.18. The molecular formula is C17H25ClN2O3. The van der Waals surface area contributed by atoms with E-state index in [2.05, 4.69) is 10.6 Å². The van der Waals surface area contributed by atoms with E-state index < -0.39 is 0 Å². The summed E-state index contributed by atoms with van der Waals surface area (Å²) < 4.78 is 0. The van der Waals surface area contributed by atoms with Crippen LogP contribution in [0.15, 0.2) is 18.2 Å². The van der Waals surface area contributed by atoms with Crippen LogP contribution in [0.2, 0.25) is 5.02 Å². The second-order valence-electron chi connectivity index (χ2n) is 6.26. The molecule has 128 valence electrons. The molecule has 0 saturated carbocycles. The molecule has 6 heteroatoms. The maximum atomic E-state index is 12.3. The number of anilines is 1. The molecule has 0 fully saturated rings. The van der Waals surface area contributed by atoms with E-state index in [9.17, 15) is 9.59 Å². The molecule has 0 aliphatic heterocycles. The van der Waals surface area contributed by atoms with Crippen molar-refractivity contribution in [2.45, 2.75) is 40.2 Å². The van der Waals surface area contributed by atoms with Gasteiger partial charge >= 0.3 is 0 Å².